The summed E-state index contributed by atoms with van der Waals surface area (Å²) < 4.78 is 10.1. The van der Waals surface area contributed by atoms with E-state index in [2.05, 4.69) is 0 Å². The second kappa shape index (κ2) is 2.40. The Morgan fingerprint density at radius 1 is 1.36 bits per heavy atom. The van der Waals surface area contributed by atoms with Crippen molar-refractivity contribution in [3.8, 4) is 0 Å². The molecule has 5 heteroatoms. The molecule has 2 fully saturated rings. The Morgan fingerprint density at radius 2 is 2.09 bits per heavy atom. The van der Waals surface area contributed by atoms with E-state index in [0.717, 1.165) is 0 Å². The van der Waals surface area contributed by atoms with Gasteiger partial charge in [-0.25, -0.2) is 0 Å². The van der Waals surface area contributed by atoms with Gasteiger partial charge in [0.15, 0.2) is 6.29 Å². The van der Waals surface area contributed by atoms with E-state index in [9.17, 15) is 5.11 Å². The van der Waals surface area contributed by atoms with Crippen LogP contribution in [0.4, 0.5) is 0 Å². The van der Waals surface area contributed by atoms with Gasteiger partial charge in [-0.15, -0.1) is 0 Å². The number of ether oxygens (including phenoxy) is 2. The molecule has 2 heterocycles. The molecular formula is C6H11NO4. The van der Waals surface area contributed by atoms with Crippen molar-refractivity contribution in [3.05, 3.63) is 0 Å². The summed E-state index contributed by atoms with van der Waals surface area (Å²) in [4.78, 5) is 0. The molecule has 0 spiro atoms. The zero-order chi connectivity index (χ0) is 8.01. The molecule has 5 nitrogen and oxygen atoms in total. The van der Waals surface area contributed by atoms with E-state index in [4.69, 9.17) is 20.3 Å². The van der Waals surface area contributed by atoms with Gasteiger partial charge in [-0.1, -0.05) is 0 Å². The number of fused-ring (bicyclic) bond motifs is 2. The highest BCUT2D eigenvalue weighted by Gasteiger charge is 2.48. The molecule has 0 saturated carbocycles. The van der Waals surface area contributed by atoms with Gasteiger partial charge in [-0.3, -0.25) is 0 Å². The van der Waals surface area contributed by atoms with Gasteiger partial charge in [0, 0.05) is 0 Å². The highest BCUT2D eigenvalue weighted by molar-refractivity contribution is 4.96. The van der Waals surface area contributed by atoms with Crippen LogP contribution >= 0.6 is 0 Å². The lowest BCUT2D eigenvalue weighted by atomic mass is 10.0. The smallest absolute Gasteiger partial charge is 0.173 e. The first-order valence-corrected chi connectivity index (χ1v) is 3.59. The zero-order valence-electron chi connectivity index (χ0n) is 5.88. The Hall–Kier alpha value is -0.200. The number of nitrogens with two attached hydrogens (primary N) is 1. The highest BCUT2D eigenvalue weighted by Crippen LogP contribution is 2.27. The second-order valence-corrected chi connectivity index (χ2v) is 2.93. The topological polar surface area (TPSA) is 84.9 Å². The standard InChI is InChI=1S/C6H11NO4/c7-3-5-4(8)2(1-10-5)11-6(3)9/h2-6,8-9H,1,7H2/t2-,3-,4-,5-,6?/m1/s1. The largest absolute Gasteiger partial charge is 0.388 e. The molecule has 0 aliphatic carbocycles. The van der Waals surface area contributed by atoms with Crippen LogP contribution in [0.15, 0.2) is 0 Å². The minimum absolute atomic E-state index is 0.316. The van der Waals surface area contributed by atoms with Crippen molar-refractivity contribution in [1.29, 1.82) is 0 Å². The summed E-state index contributed by atoms with van der Waals surface area (Å²) in [6.45, 7) is 0.316. The molecule has 0 radical (unpaired) electrons. The average molecular weight is 161 g/mol. The van der Waals surface area contributed by atoms with Crippen molar-refractivity contribution in [2.45, 2.75) is 30.6 Å². The van der Waals surface area contributed by atoms with Crippen LogP contribution in [0.3, 0.4) is 0 Å². The Balaban J connectivity index is 2.16. The van der Waals surface area contributed by atoms with Crippen molar-refractivity contribution in [3.63, 3.8) is 0 Å². The molecule has 11 heavy (non-hydrogen) atoms. The lowest BCUT2D eigenvalue weighted by Crippen LogP contribution is -2.57. The number of rotatable bonds is 0. The summed E-state index contributed by atoms with van der Waals surface area (Å²) in [5, 5.41) is 18.5. The van der Waals surface area contributed by atoms with E-state index in [1.807, 2.05) is 0 Å². The quantitative estimate of drug-likeness (QED) is 0.375. The van der Waals surface area contributed by atoms with Crippen LogP contribution in [0.25, 0.3) is 0 Å². The van der Waals surface area contributed by atoms with E-state index in [-0.39, 0.29) is 0 Å². The lowest BCUT2D eigenvalue weighted by molar-refractivity contribution is -0.198. The summed E-state index contributed by atoms with van der Waals surface area (Å²) in [7, 11) is 0. The molecule has 0 aromatic carbocycles. The first-order valence-electron chi connectivity index (χ1n) is 3.59. The molecule has 2 rings (SSSR count). The van der Waals surface area contributed by atoms with E-state index in [1.165, 1.54) is 0 Å². The highest BCUT2D eigenvalue weighted by atomic mass is 16.7. The van der Waals surface area contributed by atoms with Crippen molar-refractivity contribution in [1.82, 2.24) is 0 Å². The third-order valence-corrected chi connectivity index (χ3v) is 2.19. The summed E-state index contributed by atoms with van der Waals surface area (Å²) in [6, 6.07) is -0.635. The Morgan fingerprint density at radius 3 is 2.82 bits per heavy atom. The average Bonchev–Trinajstić information content (AvgIpc) is 2.23. The van der Waals surface area contributed by atoms with Crippen LogP contribution in [-0.4, -0.2) is 47.5 Å². The molecule has 5 atom stereocenters. The molecule has 2 saturated heterocycles. The van der Waals surface area contributed by atoms with Crippen LogP contribution in [0.2, 0.25) is 0 Å². The van der Waals surface area contributed by atoms with Crippen molar-refractivity contribution < 1.29 is 19.7 Å². The first kappa shape index (κ1) is 7.45. The molecule has 4 N–H and O–H groups in total. The summed E-state index contributed by atoms with van der Waals surface area (Å²) in [6.07, 6.45) is -2.57. The third-order valence-electron chi connectivity index (χ3n) is 2.19. The van der Waals surface area contributed by atoms with Crippen molar-refractivity contribution in [2.24, 2.45) is 5.73 Å². The van der Waals surface area contributed by atoms with E-state index in [1.54, 1.807) is 0 Å². The van der Waals surface area contributed by atoms with Gasteiger partial charge < -0.3 is 25.4 Å². The van der Waals surface area contributed by atoms with Crippen LogP contribution in [-0.2, 0) is 9.47 Å². The third kappa shape index (κ3) is 0.969. The maximum absolute atomic E-state index is 9.36. The van der Waals surface area contributed by atoms with Gasteiger partial charge in [0.1, 0.15) is 18.3 Å². The summed E-state index contributed by atoms with van der Waals surface area (Å²) >= 11 is 0. The Bertz CT molecular complexity index is 165. The van der Waals surface area contributed by atoms with Gasteiger partial charge >= 0.3 is 0 Å². The minimum Gasteiger partial charge on any atom is -0.388 e. The molecule has 0 aromatic rings. The second-order valence-electron chi connectivity index (χ2n) is 2.93. The van der Waals surface area contributed by atoms with Gasteiger partial charge in [-0.05, 0) is 0 Å². The van der Waals surface area contributed by atoms with Crippen LogP contribution in [0, 0.1) is 0 Å². The fraction of sp³-hybridized carbons (Fsp3) is 1.00. The Kier molecular flexibility index (Phi) is 1.62. The molecule has 2 aliphatic heterocycles. The van der Waals surface area contributed by atoms with E-state index in [0.29, 0.717) is 6.61 Å². The fourth-order valence-electron chi connectivity index (χ4n) is 1.51. The van der Waals surface area contributed by atoms with E-state index < -0.39 is 30.6 Å². The van der Waals surface area contributed by atoms with Crippen LogP contribution < -0.4 is 5.73 Å². The fourth-order valence-corrected chi connectivity index (χ4v) is 1.51. The monoisotopic (exact) mass is 161 g/mol. The molecule has 1 unspecified atom stereocenters. The summed E-state index contributed by atoms with van der Waals surface area (Å²) in [5.74, 6) is 0. The number of aliphatic hydroxyl groups is 2. The van der Waals surface area contributed by atoms with Crippen molar-refractivity contribution >= 4 is 0 Å². The number of hydrogen-bond acceptors (Lipinski definition) is 5. The molecule has 0 amide bonds. The van der Waals surface area contributed by atoms with Gasteiger partial charge in [0.2, 0.25) is 0 Å². The van der Waals surface area contributed by atoms with Gasteiger partial charge in [0.25, 0.3) is 0 Å². The predicted octanol–water partition coefficient (Wildman–Crippen LogP) is -2.21. The SMILES string of the molecule is N[C@H]1C(O)O[C@@H]2CO[C@H]1[C@@H]2O. The summed E-state index contributed by atoms with van der Waals surface area (Å²) in [5.41, 5.74) is 5.49. The molecular weight excluding hydrogens is 150 g/mol. The van der Waals surface area contributed by atoms with E-state index >= 15 is 0 Å². The van der Waals surface area contributed by atoms with Crippen LogP contribution in [0.1, 0.15) is 0 Å². The predicted molar refractivity (Wildman–Crippen MR) is 34.6 cm³/mol. The molecule has 64 valence electrons. The minimum atomic E-state index is -1.00. The number of hydrogen-bond donors (Lipinski definition) is 3. The zero-order valence-corrected chi connectivity index (χ0v) is 5.88. The van der Waals surface area contributed by atoms with Crippen LogP contribution in [0.5, 0.6) is 0 Å². The lowest BCUT2D eigenvalue weighted by Gasteiger charge is -2.32. The van der Waals surface area contributed by atoms with Gasteiger partial charge in [-0.2, -0.15) is 0 Å². The van der Waals surface area contributed by atoms with Gasteiger partial charge in [0.05, 0.1) is 12.6 Å². The van der Waals surface area contributed by atoms with Crippen molar-refractivity contribution in [2.75, 3.05) is 6.61 Å². The molecule has 0 aromatic heterocycles. The normalized spacial score (nSPS) is 56.5. The maximum Gasteiger partial charge on any atom is 0.173 e. The molecule has 2 bridgehead atoms. The Labute approximate surface area is 63.7 Å². The first-order chi connectivity index (χ1) is 5.20. The maximum atomic E-state index is 9.36. The molecule has 2 aliphatic rings. The number of aliphatic hydroxyl groups excluding tert-OH is 2.